The molecule has 0 saturated heterocycles. The average Bonchev–Trinajstić information content (AvgIpc) is 2.05. The summed E-state index contributed by atoms with van der Waals surface area (Å²) in [5.74, 6) is 0. The Morgan fingerprint density at radius 2 is 1.73 bits per heavy atom. The van der Waals surface area contributed by atoms with Gasteiger partial charge in [-0.05, 0) is 26.7 Å². The fourth-order valence-electron chi connectivity index (χ4n) is 0.827. The summed E-state index contributed by atoms with van der Waals surface area (Å²) in [6.07, 6.45) is 2.30. The second-order valence-corrected chi connectivity index (χ2v) is 3.08. The fourth-order valence-corrected chi connectivity index (χ4v) is 0.827. The monoisotopic (exact) mass is 159 g/mol. The van der Waals surface area contributed by atoms with Crippen LogP contribution >= 0.6 is 0 Å². The molecule has 11 heavy (non-hydrogen) atoms. The van der Waals surface area contributed by atoms with Crippen LogP contribution in [0.3, 0.4) is 0 Å². The molecule has 1 N–H and O–H groups in total. The highest BCUT2D eigenvalue weighted by Gasteiger charge is 2.17. The lowest BCUT2D eigenvalue weighted by molar-refractivity contribution is 0.0996. The van der Waals surface area contributed by atoms with Crippen molar-refractivity contribution in [3.05, 3.63) is 0 Å². The van der Waals surface area contributed by atoms with Gasteiger partial charge in [-0.1, -0.05) is 13.8 Å². The molecule has 0 aromatic rings. The van der Waals surface area contributed by atoms with Gasteiger partial charge in [-0.15, -0.1) is 0 Å². The number of nitrogens with one attached hydrogen (secondary N) is 1. The lowest BCUT2D eigenvalue weighted by atomic mass is 9.96. The quantitative estimate of drug-likeness (QED) is 0.473. The van der Waals surface area contributed by atoms with Gasteiger partial charge in [0.2, 0.25) is 0 Å². The summed E-state index contributed by atoms with van der Waals surface area (Å²) >= 11 is 0. The first-order valence-electron chi connectivity index (χ1n) is 4.51. The first-order valence-corrected chi connectivity index (χ1v) is 4.51. The molecule has 0 spiro atoms. The Morgan fingerprint density at radius 3 is 2.09 bits per heavy atom. The molecule has 68 valence electrons. The number of rotatable bonds is 6. The molecule has 0 atom stereocenters. The van der Waals surface area contributed by atoms with Crippen molar-refractivity contribution in [3.8, 4) is 0 Å². The van der Waals surface area contributed by atoms with E-state index in [0.717, 1.165) is 19.4 Å². The molecule has 0 bridgehead atoms. The molecule has 0 heterocycles. The molecule has 0 aliphatic heterocycles. The smallest absolute Gasteiger partial charge is 0.0969 e. The van der Waals surface area contributed by atoms with Gasteiger partial charge in [0.05, 0.1) is 6.73 Å². The number of hydrogen-bond acceptors (Lipinski definition) is 2. The summed E-state index contributed by atoms with van der Waals surface area (Å²) in [6, 6.07) is 0. The van der Waals surface area contributed by atoms with E-state index < -0.39 is 0 Å². The summed E-state index contributed by atoms with van der Waals surface area (Å²) in [5, 5.41) is 3.37. The Hall–Kier alpha value is -0.0800. The Morgan fingerprint density at radius 1 is 1.18 bits per heavy atom. The Balaban J connectivity index is 3.51. The van der Waals surface area contributed by atoms with Gasteiger partial charge in [0, 0.05) is 12.1 Å². The van der Waals surface area contributed by atoms with Crippen molar-refractivity contribution in [2.24, 2.45) is 0 Å². The Bertz CT molecular complexity index is 89.6. The second kappa shape index (κ2) is 5.56. The van der Waals surface area contributed by atoms with E-state index in [2.05, 4.69) is 26.1 Å². The van der Waals surface area contributed by atoms with Crippen molar-refractivity contribution in [1.82, 2.24) is 5.32 Å². The molecule has 0 unspecified atom stereocenters. The van der Waals surface area contributed by atoms with Crippen molar-refractivity contribution in [3.63, 3.8) is 0 Å². The van der Waals surface area contributed by atoms with Crippen LogP contribution in [-0.4, -0.2) is 18.9 Å². The maximum absolute atomic E-state index is 5.22. The third kappa shape index (κ3) is 4.38. The SMILES string of the molecule is CCOCNC(C)(CC)CC. The maximum Gasteiger partial charge on any atom is 0.0969 e. The minimum atomic E-state index is 0.259. The average molecular weight is 159 g/mol. The topological polar surface area (TPSA) is 21.3 Å². The van der Waals surface area contributed by atoms with E-state index >= 15 is 0 Å². The molecule has 0 aromatic heterocycles. The van der Waals surface area contributed by atoms with Crippen LogP contribution in [0.4, 0.5) is 0 Å². The highest BCUT2D eigenvalue weighted by atomic mass is 16.5. The van der Waals surface area contributed by atoms with Gasteiger partial charge in [-0.3, -0.25) is 5.32 Å². The minimum absolute atomic E-state index is 0.259. The maximum atomic E-state index is 5.22. The predicted molar refractivity (Wildman–Crippen MR) is 48.6 cm³/mol. The van der Waals surface area contributed by atoms with Crippen LogP contribution in [0.1, 0.15) is 40.5 Å². The van der Waals surface area contributed by atoms with E-state index in [-0.39, 0.29) is 5.54 Å². The van der Waals surface area contributed by atoms with Gasteiger partial charge >= 0.3 is 0 Å². The molecule has 2 nitrogen and oxygen atoms in total. The Labute approximate surface area is 70.3 Å². The summed E-state index contributed by atoms with van der Waals surface area (Å²) < 4.78 is 5.22. The van der Waals surface area contributed by atoms with Crippen molar-refractivity contribution in [2.75, 3.05) is 13.3 Å². The van der Waals surface area contributed by atoms with Crippen molar-refractivity contribution in [2.45, 2.75) is 46.1 Å². The van der Waals surface area contributed by atoms with Crippen LogP contribution in [-0.2, 0) is 4.74 Å². The van der Waals surface area contributed by atoms with Gasteiger partial charge in [0.1, 0.15) is 0 Å². The van der Waals surface area contributed by atoms with Gasteiger partial charge < -0.3 is 4.74 Å². The minimum Gasteiger partial charge on any atom is -0.367 e. The van der Waals surface area contributed by atoms with Crippen molar-refractivity contribution < 1.29 is 4.74 Å². The third-order valence-electron chi connectivity index (χ3n) is 2.37. The van der Waals surface area contributed by atoms with E-state index in [1.165, 1.54) is 0 Å². The Kier molecular flexibility index (Phi) is 5.51. The fraction of sp³-hybridized carbons (Fsp3) is 1.00. The van der Waals surface area contributed by atoms with Crippen LogP contribution < -0.4 is 5.32 Å². The summed E-state index contributed by atoms with van der Waals surface area (Å²) in [4.78, 5) is 0. The van der Waals surface area contributed by atoms with Crippen LogP contribution in [0.25, 0.3) is 0 Å². The highest BCUT2D eigenvalue weighted by Crippen LogP contribution is 2.12. The molecule has 0 aliphatic carbocycles. The predicted octanol–water partition coefficient (Wildman–Crippen LogP) is 2.15. The lowest BCUT2D eigenvalue weighted by Gasteiger charge is -2.27. The molecule has 0 amide bonds. The zero-order valence-electron chi connectivity index (χ0n) is 8.24. The van der Waals surface area contributed by atoms with Crippen LogP contribution in [0.15, 0.2) is 0 Å². The standard InChI is InChI=1S/C9H21NO/c1-5-9(4,6-2)10-8-11-7-3/h10H,5-8H2,1-4H3. The second-order valence-electron chi connectivity index (χ2n) is 3.08. The van der Waals surface area contributed by atoms with Crippen LogP contribution in [0.2, 0.25) is 0 Å². The third-order valence-corrected chi connectivity index (χ3v) is 2.37. The molecule has 0 radical (unpaired) electrons. The summed E-state index contributed by atoms with van der Waals surface area (Å²) in [5.41, 5.74) is 0.259. The van der Waals surface area contributed by atoms with Gasteiger partial charge in [0.15, 0.2) is 0 Å². The molecule has 2 heteroatoms. The first-order chi connectivity index (χ1) is 5.18. The molecule has 0 aliphatic rings. The van der Waals surface area contributed by atoms with E-state index in [1.54, 1.807) is 0 Å². The summed E-state index contributed by atoms with van der Waals surface area (Å²) in [7, 11) is 0. The normalized spacial score (nSPS) is 12.0. The first kappa shape index (κ1) is 10.9. The van der Waals surface area contributed by atoms with Crippen molar-refractivity contribution in [1.29, 1.82) is 0 Å². The van der Waals surface area contributed by atoms with Crippen molar-refractivity contribution >= 4 is 0 Å². The van der Waals surface area contributed by atoms with E-state index in [1.807, 2.05) is 6.92 Å². The molecule has 0 aromatic carbocycles. The number of ether oxygens (including phenoxy) is 1. The molecule has 0 rings (SSSR count). The summed E-state index contributed by atoms with van der Waals surface area (Å²) in [6.45, 7) is 10.1. The van der Waals surface area contributed by atoms with Crippen LogP contribution in [0, 0.1) is 0 Å². The van der Waals surface area contributed by atoms with E-state index in [4.69, 9.17) is 4.74 Å². The zero-order chi connectivity index (χ0) is 8.74. The van der Waals surface area contributed by atoms with Gasteiger partial charge in [-0.2, -0.15) is 0 Å². The van der Waals surface area contributed by atoms with Gasteiger partial charge in [0.25, 0.3) is 0 Å². The largest absolute Gasteiger partial charge is 0.367 e. The molecule has 0 fully saturated rings. The van der Waals surface area contributed by atoms with E-state index in [9.17, 15) is 0 Å². The zero-order valence-corrected chi connectivity index (χ0v) is 8.24. The van der Waals surface area contributed by atoms with Gasteiger partial charge in [-0.25, -0.2) is 0 Å². The lowest BCUT2D eigenvalue weighted by Crippen LogP contribution is -2.42. The molecular weight excluding hydrogens is 138 g/mol. The van der Waals surface area contributed by atoms with E-state index in [0.29, 0.717) is 6.73 Å². The molecule has 0 saturated carbocycles. The van der Waals surface area contributed by atoms with Crippen LogP contribution in [0.5, 0.6) is 0 Å². The molecular formula is C9H21NO. The number of hydrogen-bond donors (Lipinski definition) is 1. The highest BCUT2D eigenvalue weighted by molar-refractivity contribution is 4.77.